The monoisotopic (exact) mass is 328 g/mol. The summed E-state index contributed by atoms with van der Waals surface area (Å²) in [5.74, 6) is 0. The summed E-state index contributed by atoms with van der Waals surface area (Å²) in [6.45, 7) is 3.04. The second kappa shape index (κ2) is 4.80. The van der Waals surface area contributed by atoms with Gasteiger partial charge in [-0.1, -0.05) is 0 Å². The largest absolute Gasteiger partial charge is 0.308 e. The highest BCUT2D eigenvalue weighted by atomic mass is 79.9. The number of rotatable bonds is 4. The van der Waals surface area contributed by atoms with Crippen LogP contribution in [0.2, 0.25) is 0 Å². The van der Waals surface area contributed by atoms with Crippen LogP contribution >= 0.6 is 38.6 Å². The molecule has 17 heavy (non-hydrogen) atoms. The lowest BCUT2D eigenvalue weighted by atomic mass is 10.4. The maximum atomic E-state index is 4.68. The topological polar surface area (TPSA) is 24.9 Å². The maximum Gasteiger partial charge on any atom is 0.133 e. The third kappa shape index (κ3) is 2.78. The molecule has 2 aromatic heterocycles. The number of thiophene rings is 1. The van der Waals surface area contributed by atoms with Gasteiger partial charge in [0, 0.05) is 27.3 Å². The van der Waals surface area contributed by atoms with Crippen molar-refractivity contribution in [2.24, 2.45) is 0 Å². The van der Waals surface area contributed by atoms with E-state index in [1.165, 1.54) is 32.8 Å². The lowest BCUT2D eigenvalue weighted by molar-refractivity contribution is 0.678. The molecule has 0 aliphatic heterocycles. The summed E-state index contributed by atoms with van der Waals surface area (Å²) in [6, 6.07) is 2.91. The lowest BCUT2D eigenvalue weighted by Crippen LogP contribution is -2.15. The van der Waals surface area contributed by atoms with Gasteiger partial charge in [-0.3, -0.25) is 0 Å². The summed E-state index contributed by atoms with van der Waals surface area (Å²) in [6.07, 6.45) is 2.65. The number of aromatic nitrogens is 1. The van der Waals surface area contributed by atoms with E-state index in [9.17, 15) is 0 Å². The lowest BCUT2D eigenvalue weighted by Gasteiger charge is -1.97. The molecular weight excluding hydrogens is 316 g/mol. The predicted octanol–water partition coefficient (Wildman–Crippen LogP) is 4.19. The third-order valence-corrected chi connectivity index (χ3v) is 5.97. The molecule has 2 nitrogen and oxygen atoms in total. The van der Waals surface area contributed by atoms with Gasteiger partial charge in [-0.15, -0.1) is 22.7 Å². The minimum absolute atomic E-state index is 0.748. The van der Waals surface area contributed by atoms with Crippen molar-refractivity contribution in [3.8, 4) is 9.88 Å². The van der Waals surface area contributed by atoms with E-state index in [1.54, 1.807) is 22.7 Å². The number of thiazole rings is 1. The molecule has 0 radical (unpaired) electrons. The second-order valence-corrected chi connectivity index (χ2v) is 7.28. The van der Waals surface area contributed by atoms with Crippen LogP contribution in [0, 0.1) is 6.92 Å². The highest BCUT2D eigenvalue weighted by Gasteiger charge is 2.20. The summed E-state index contributed by atoms with van der Waals surface area (Å²) in [5, 5.41) is 6.79. The highest BCUT2D eigenvalue weighted by Crippen LogP contribution is 2.35. The fourth-order valence-corrected chi connectivity index (χ4v) is 4.02. The molecule has 0 unspecified atom stereocenters. The minimum Gasteiger partial charge on any atom is -0.308 e. The van der Waals surface area contributed by atoms with Crippen molar-refractivity contribution in [3.63, 3.8) is 0 Å². The molecule has 3 rings (SSSR count). The summed E-state index contributed by atoms with van der Waals surface area (Å²) >= 11 is 7.09. The van der Waals surface area contributed by atoms with E-state index in [2.05, 4.69) is 44.6 Å². The molecule has 2 aromatic rings. The zero-order chi connectivity index (χ0) is 11.8. The van der Waals surface area contributed by atoms with E-state index in [0.717, 1.165) is 17.6 Å². The minimum atomic E-state index is 0.748. The molecule has 0 spiro atoms. The number of halogens is 1. The third-order valence-electron chi connectivity index (χ3n) is 2.77. The fraction of sp³-hybridized carbons (Fsp3) is 0.417. The van der Waals surface area contributed by atoms with Crippen molar-refractivity contribution >= 4 is 38.6 Å². The first-order chi connectivity index (χ1) is 8.22. The Morgan fingerprint density at radius 3 is 3.00 bits per heavy atom. The first-order valence-electron chi connectivity index (χ1n) is 5.66. The molecule has 1 fully saturated rings. The standard InChI is InChI=1S/C12H13BrN2S2/c1-7-10(13)4-11(17-7)12-15-9(6-16-12)5-14-8-2-3-8/h4,6,8,14H,2-3,5H2,1H3. The molecule has 1 N–H and O–H groups in total. The Morgan fingerprint density at radius 1 is 1.53 bits per heavy atom. The van der Waals surface area contributed by atoms with Crippen LogP contribution in [0.15, 0.2) is 15.9 Å². The van der Waals surface area contributed by atoms with Crippen LogP contribution in [0.25, 0.3) is 9.88 Å². The summed E-state index contributed by atoms with van der Waals surface area (Å²) in [7, 11) is 0. The van der Waals surface area contributed by atoms with Crippen molar-refractivity contribution in [2.45, 2.75) is 32.4 Å². The van der Waals surface area contributed by atoms with Crippen molar-refractivity contribution < 1.29 is 0 Å². The molecule has 0 saturated heterocycles. The molecule has 90 valence electrons. The van der Waals surface area contributed by atoms with Gasteiger partial charge in [-0.05, 0) is 41.8 Å². The van der Waals surface area contributed by atoms with Gasteiger partial charge in [0.25, 0.3) is 0 Å². The second-order valence-electron chi connectivity index (χ2n) is 4.31. The van der Waals surface area contributed by atoms with E-state index in [4.69, 9.17) is 0 Å². The van der Waals surface area contributed by atoms with E-state index in [-0.39, 0.29) is 0 Å². The molecule has 5 heteroatoms. The first-order valence-corrected chi connectivity index (χ1v) is 8.15. The highest BCUT2D eigenvalue weighted by molar-refractivity contribution is 9.10. The van der Waals surface area contributed by atoms with E-state index in [1.807, 2.05) is 0 Å². The number of hydrogen-bond acceptors (Lipinski definition) is 4. The first kappa shape index (κ1) is 11.8. The van der Waals surface area contributed by atoms with Crippen LogP contribution in [0.4, 0.5) is 0 Å². The summed E-state index contributed by atoms with van der Waals surface area (Å²) in [4.78, 5) is 7.25. The molecule has 0 bridgehead atoms. The van der Waals surface area contributed by atoms with Crippen LogP contribution in [-0.2, 0) is 6.54 Å². The molecule has 0 amide bonds. The van der Waals surface area contributed by atoms with Gasteiger partial charge < -0.3 is 5.32 Å². The van der Waals surface area contributed by atoms with Gasteiger partial charge in [0.05, 0.1) is 10.6 Å². The smallest absolute Gasteiger partial charge is 0.133 e. The van der Waals surface area contributed by atoms with Crippen LogP contribution in [0.1, 0.15) is 23.4 Å². The molecule has 2 heterocycles. The number of nitrogens with one attached hydrogen (secondary N) is 1. The van der Waals surface area contributed by atoms with Gasteiger partial charge in [0.2, 0.25) is 0 Å². The molecule has 0 aromatic carbocycles. The number of hydrogen-bond donors (Lipinski definition) is 1. The zero-order valence-corrected chi connectivity index (χ0v) is 12.7. The number of nitrogens with zero attached hydrogens (tertiary/aromatic N) is 1. The Bertz CT molecular complexity index is 509. The van der Waals surface area contributed by atoms with Gasteiger partial charge in [0.15, 0.2) is 0 Å². The van der Waals surface area contributed by atoms with Gasteiger partial charge in [0.1, 0.15) is 5.01 Å². The molecule has 1 aliphatic carbocycles. The van der Waals surface area contributed by atoms with Crippen LogP contribution < -0.4 is 5.32 Å². The molecule has 1 aliphatic rings. The van der Waals surface area contributed by atoms with Crippen molar-refractivity contribution in [2.75, 3.05) is 0 Å². The predicted molar refractivity (Wildman–Crippen MR) is 77.7 cm³/mol. The maximum absolute atomic E-state index is 4.68. The summed E-state index contributed by atoms with van der Waals surface area (Å²) < 4.78 is 1.19. The van der Waals surface area contributed by atoms with Gasteiger partial charge in [-0.2, -0.15) is 0 Å². The Labute approximate surface area is 117 Å². The van der Waals surface area contributed by atoms with Crippen LogP contribution in [-0.4, -0.2) is 11.0 Å². The Hall–Kier alpha value is -0.230. The number of aryl methyl sites for hydroxylation is 1. The summed E-state index contributed by atoms with van der Waals surface area (Å²) in [5.41, 5.74) is 1.17. The van der Waals surface area contributed by atoms with Gasteiger partial charge >= 0.3 is 0 Å². The van der Waals surface area contributed by atoms with Crippen molar-refractivity contribution in [1.82, 2.24) is 10.3 Å². The van der Waals surface area contributed by atoms with E-state index >= 15 is 0 Å². The van der Waals surface area contributed by atoms with Crippen LogP contribution in [0.5, 0.6) is 0 Å². The average Bonchev–Trinajstić information content (AvgIpc) is 2.92. The zero-order valence-electron chi connectivity index (χ0n) is 9.50. The average molecular weight is 329 g/mol. The molecule has 1 saturated carbocycles. The Morgan fingerprint density at radius 2 is 2.35 bits per heavy atom. The Balaban J connectivity index is 1.74. The van der Waals surface area contributed by atoms with Crippen LogP contribution in [0.3, 0.4) is 0 Å². The molecule has 0 atom stereocenters. The Kier molecular flexibility index (Phi) is 3.34. The fourth-order valence-electron chi connectivity index (χ4n) is 1.60. The van der Waals surface area contributed by atoms with E-state index in [0.29, 0.717) is 0 Å². The van der Waals surface area contributed by atoms with Crippen molar-refractivity contribution in [3.05, 3.63) is 26.5 Å². The van der Waals surface area contributed by atoms with E-state index < -0.39 is 0 Å². The normalized spacial score (nSPS) is 15.4. The quantitative estimate of drug-likeness (QED) is 0.909. The SMILES string of the molecule is Cc1sc(-c2nc(CNC3CC3)cs2)cc1Br. The van der Waals surface area contributed by atoms with Gasteiger partial charge in [-0.25, -0.2) is 4.98 Å². The van der Waals surface area contributed by atoms with Crippen molar-refractivity contribution in [1.29, 1.82) is 0 Å². The molecular formula is C12H13BrN2S2.